The molecule has 1 fully saturated rings. The number of nitrogens with two attached hydrogens (primary N) is 1. The van der Waals surface area contributed by atoms with Crippen molar-refractivity contribution >= 4 is 55.3 Å². The summed E-state index contributed by atoms with van der Waals surface area (Å²) in [6, 6.07) is 5.13. The maximum absolute atomic E-state index is 12.6. The highest BCUT2D eigenvalue weighted by Crippen LogP contribution is 2.20. The summed E-state index contributed by atoms with van der Waals surface area (Å²) in [5, 5.41) is 25.0. The minimum absolute atomic E-state index is 0.111. The van der Waals surface area contributed by atoms with Gasteiger partial charge in [0.15, 0.2) is 5.65 Å². The van der Waals surface area contributed by atoms with Crippen molar-refractivity contribution in [1.29, 1.82) is 0 Å². The van der Waals surface area contributed by atoms with Crippen molar-refractivity contribution < 1.29 is 34.1 Å². The molecular weight excluding hydrogens is 589 g/mol. The van der Waals surface area contributed by atoms with Crippen LogP contribution in [0.4, 0.5) is 11.6 Å². The van der Waals surface area contributed by atoms with E-state index in [1.165, 1.54) is 0 Å². The molecule has 5 atom stereocenters. The molecule has 3 aromatic rings. The molecule has 1 saturated heterocycles. The molecule has 14 nitrogen and oxygen atoms in total. The second kappa shape index (κ2) is 18.0. The lowest BCUT2D eigenvalue weighted by Gasteiger charge is -2.16. The Balaban J connectivity index is 0.00000162. The van der Waals surface area contributed by atoms with E-state index in [0.29, 0.717) is 40.9 Å². The summed E-state index contributed by atoms with van der Waals surface area (Å²) in [5.41, 5.74) is 8.66. The number of carboxylic acids is 1. The molecule has 2 aromatic heterocycles. The molecule has 0 aliphatic carbocycles. The Hall–Kier alpha value is -4.00. The van der Waals surface area contributed by atoms with E-state index in [4.69, 9.17) is 15.2 Å². The smallest absolute Gasteiger partial charge is 0.326 e. The minimum atomic E-state index is -1.29. The maximum Gasteiger partial charge on any atom is 0.326 e. The van der Waals surface area contributed by atoms with E-state index in [1.807, 2.05) is 34.6 Å². The monoisotopic (exact) mass is 631 g/mol. The third-order valence-electron chi connectivity index (χ3n) is 6.18. The number of anilines is 2. The van der Waals surface area contributed by atoms with E-state index in [-0.39, 0.29) is 37.1 Å². The van der Waals surface area contributed by atoms with Gasteiger partial charge in [-0.15, -0.1) is 0 Å². The van der Waals surface area contributed by atoms with Crippen LogP contribution in [-0.2, 0) is 25.6 Å². The third-order valence-corrected chi connectivity index (χ3v) is 6.58. The Morgan fingerprint density at radius 3 is 2.43 bits per heavy atom. The lowest BCUT2D eigenvalue weighted by atomic mass is 10.1. The number of rotatable bonds is 11. The van der Waals surface area contributed by atoms with Gasteiger partial charge in [-0.1, -0.05) is 36.9 Å². The molecule has 1 aromatic carbocycles. The van der Waals surface area contributed by atoms with Gasteiger partial charge in [-0.3, -0.25) is 9.59 Å². The largest absolute Gasteiger partial charge is 0.480 e. The normalized spacial score (nSPS) is 17.8. The van der Waals surface area contributed by atoms with E-state index in [2.05, 4.69) is 39.8 Å². The van der Waals surface area contributed by atoms with Gasteiger partial charge >= 0.3 is 11.9 Å². The summed E-state index contributed by atoms with van der Waals surface area (Å²) < 4.78 is 10.6. The van der Waals surface area contributed by atoms with Crippen LogP contribution in [0, 0.1) is 0 Å². The first kappa shape index (κ1) is 36.2. The average Bonchev–Trinajstić information content (AvgIpc) is 3.35. The molecule has 0 bridgehead atoms. The van der Waals surface area contributed by atoms with E-state index in [0.717, 1.165) is 0 Å². The van der Waals surface area contributed by atoms with Gasteiger partial charge in [-0.2, -0.15) is 4.98 Å². The van der Waals surface area contributed by atoms with Crippen molar-refractivity contribution in [1.82, 2.24) is 25.3 Å². The molecule has 0 radical (unpaired) electrons. The first-order valence-electron chi connectivity index (χ1n) is 14.5. The summed E-state index contributed by atoms with van der Waals surface area (Å²) in [6.07, 6.45) is 0.180. The molecule has 1 aliphatic rings. The van der Waals surface area contributed by atoms with Gasteiger partial charge in [-0.05, 0) is 37.6 Å². The number of aliphatic hydroxyl groups is 1. The lowest BCUT2D eigenvalue weighted by Crippen LogP contribution is -2.41. The number of aliphatic carboxylic acids is 1. The molecule has 1 amide bonds. The summed E-state index contributed by atoms with van der Waals surface area (Å²) in [4.78, 5) is 53.3. The number of aromatic nitrogens is 4. The summed E-state index contributed by atoms with van der Waals surface area (Å²) in [6.45, 7) is 10.0. The van der Waals surface area contributed by atoms with E-state index in [1.54, 1.807) is 30.5 Å². The zero-order chi connectivity index (χ0) is 32.8. The van der Waals surface area contributed by atoms with Crippen LogP contribution in [0.25, 0.3) is 11.2 Å². The van der Waals surface area contributed by atoms with Gasteiger partial charge in [0.2, 0.25) is 5.95 Å². The minimum Gasteiger partial charge on any atom is -0.480 e. The number of hydrogen-bond acceptors (Lipinski definition) is 12. The number of benzene rings is 1. The van der Waals surface area contributed by atoms with Gasteiger partial charge in [-0.25, -0.2) is 19.7 Å². The van der Waals surface area contributed by atoms with E-state index in [9.17, 15) is 24.6 Å². The molecule has 240 valence electrons. The highest BCUT2D eigenvalue weighted by molar-refractivity contribution is 7.27. The lowest BCUT2D eigenvalue weighted by molar-refractivity contribution is -0.149. The van der Waals surface area contributed by atoms with Crippen molar-refractivity contribution in [2.24, 2.45) is 0 Å². The van der Waals surface area contributed by atoms with Crippen LogP contribution in [0.1, 0.15) is 69.9 Å². The maximum atomic E-state index is 12.6. The molecule has 5 unspecified atom stereocenters. The first-order valence-corrected chi connectivity index (χ1v) is 15.1. The molecule has 15 heteroatoms. The van der Waals surface area contributed by atoms with Crippen molar-refractivity contribution in [2.45, 2.75) is 84.8 Å². The van der Waals surface area contributed by atoms with Crippen LogP contribution in [0.15, 0.2) is 30.5 Å². The SMILES string of the molecule is CC.CC.CC1CC(O)C(COC(=O)CCC(NC(=O)c2ccc(NCc3cnc4nc(N)nc(P)c4n3)cc2)C(=O)O)O1. The Labute approximate surface area is 258 Å². The molecule has 6 N–H and O–H groups in total. The highest BCUT2D eigenvalue weighted by Gasteiger charge is 2.32. The number of ether oxygens (including phenoxy) is 2. The second-order valence-electron chi connectivity index (χ2n) is 9.31. The molecular formula is C29H42N7O7P. The van der Waals surface area contributed by atoms with Crippen molar-refractivity contribution in [3.63, 3.8) is 0 Å². The molecule has 44 heavy (non-hydrogen) atoms. The zero-order valence-corrected chi connectivity index (χ0v) is 26.8. The standard InChI is InChI=1S/C25H30N7O7P.2C2H6/c1-12-8-17(33)18(39-12)11-38-19(34)7-6-16(24(36)37)30-22(35)13-2-4-14(5-3-13)27-9-15-10-28-21-20(29-15)23(40)32-25(26)31-21;2*1-2/h2-5,10,12,16-18,27,33H,6-9,11,40H2,1H3,(H,30,35)(H,36,37)(H2,26,28,31,32);2*1-2H3. The quantitative estimate of drug-likeness (QED) is 0.152. The Morgan fingerprint density at radius 2 is 1.82 bits per heavy atom. The second-order valence-corrected chi connectivity index (χ2v) is 9.85. The number of hydrogen-bond donors (Lipinski definition) is 5. The number of nitrogens with zero attached hydrogens (tertiary/aromatic N) is 4. The summed E-state index contributed by atoms with van der Waals surface area (Å²) >= 11 is 0. The predicted octanol–water partition coefficient (Wildman–Crippen LogP) is 2.21. The fourth-order valence-electron chi connectivity index (χ4n) is 4.10. The van der Waals surface area contributed by atoms with E-state index < -0.39 is 36.1 Å². The van der Waals surface area contributed by atoms with Crippen LogP contribution in [0.2, 0.25) is 0 Å². The molecule has 3 heterocycles. The van der Waals surface area contributed by atoms with Crippen LogP contribution in [0.5, 0.6) is 0 Å². The zero-order valence-electron chi connectivity index (χ0n) is 25.6. The topological polar surface area (TPSA) is 212 Å². The first-order chi connectivity index (χ1) is 21.1. The number of carboxylic acid groups (broad SMARTS) is 1. The highest BCUT2D eigenvalue weighted by atomic mass is 31.0. The Morgan fingerprint density at radius 1 is 1.14 bits per heavy atom. The van der Waals surface area contributed by atoms with Crippen molar-refractivity contribution in [2.75, 3.05) is 17.7 Å². The van der Waals surface area contributed by atoms with Gasteiger partial charge in [0.25, 0.3) is 5.91 Å². The number of nitrogen functional groups attached to an aromatic ring is 1. The van der Waals surface area contributed by atoms with Crippen molar-refractivity contribution in [3.05, 3.63) is 41.7 Å². The number of esters is 1. The average molecular weight is 632 g/mol. The van der Waals surface area contributed by atoms with Crippen LogP contribution >= 0.6 is 9.24 Å². The van der Waals surface area contributed by atoms with E-state index >= 15 is 0 Å². The fraction of sp³-hybridized carbons (Fsp3) is 0.483. The van der Waals surface area contributed by atoms with Crippen LogP contribution in [-0.4, -0.2) is 79.0 Å². The van der Waals surface area contributed by atoms with Crippen LogP contribution < -0.4 is 21.8 Å². The number of aliphatic hydroxyl groups excluding tert-OH is 1. The number of carbonyl (C=O) groups is 3. The number of fused-ring (bicyclic) bond motifs is 1. The Bertz CT molecular complexity index is 1390. The number of nitrogens with one attached hydrogen (secondary N) is 2. The fourth-order valence-corrected chi connectivity index (χ4v) is 4.42. The van der Waals surface area contributed by atoms with Gasteiger partial charge in [0.05, 0.1) is 36.1 Å². The van der Waals surface area contributed by atoms with Gasteiger partial charge in [0.1, 0.15) is 24.3 Å². The summed E-state index contributed by atoms with van der Waals surface area (Å²) in [7, 11) is 2.45. The number of carbonyl (C=O) groups excluding carboxylic acids is 2. The molecule has 0 saturated carbocycles. The molecule has 4 rings (SSSR count). The van der Waals surface area contributed by atoms with Gasteiger partial charge < -0.3 is 36.1 Å². The third kappa shape index (κ3) is 10.6. The Kier molecular flexibility index (Phi) is 14.8. The predicted molar refractivity (Wildman–Crippen MR) is 169 cm³/mol. The van der Waals surface area contributed by atoms with Crippen LogP contribution in [0.3, 0.4) is 0 Å². The molecule has 1 aliphatic heterocycles. The summed E-state index contributed by atoms with van der Waals surface area (Å²) in [5.74, 6) is -2.41. The molecule has 0 spiro atoms. The number of amides is 1. The van der Waals surface area contributed by atoms with Gasteiger partial charge in [0, 0.05) is 24.1 Å². The van der Waals surface area contributed by atoms with Crippen molar-refractivity contribution in [3.8, 4) is 0 Å².